The van der Waals surface area contributed by atoms with Gasteiger partial charge in [-0.1, -0.05) is 26.0 Å². The van der Waals surface area contributed by atoms with Crippen LogP contribution < -0.4 is 22.1 Å². The Bertz CT molecular complexity index is 616. The molecule has 0 aliphatic carbocycles. The number of hydrogen-bond donors (Lipinski definition) is 5. The van der Waals surface area contributed by atoms with Crippen molar-refractivity contribution in [1.82, 2.24) is 5.32 Å². The molecular formula is C18H28N4O4. The fraction of sp³-hybridized carbons (Fsp3) is 0.500. The van der Waals surface area contributed by atoms with Crippen molar-refractivity contribution in [1.29, 1.82) is 0 Å². The predicted molar refractivity (Wildman–Crippen MR) is 98.8 cm³/mol. The molecule has 7 N–H and O–H groups in total. The minimum absolute atomic E-state index is 0.0404. The highest BCUT2D eigenvalue weighted by molar-refractivity contribution is 5.98. The van der Waals surface area contributed by atoms with Crippen molar-refractivity contribution in [2.24, 2.45) is 17.4 Å². The highest BCUT2D eigenvalue weighted by Gasteiger charge is 2.24. The Morgan fingerprint density at radius 3 is 2.23 bits per heavy atom. The number of benzene rings is 1. The summed E-state index contributed by atoms with van der Waals surface area (Å²) in [6.07, 6.45) is 0.524. The molecule has 0 heterocycles. The molecule has 0 fully saturated rings. The maximum atomic E-state index is 12.5. The third-order valence-electron chi connectivity index (χ3n) is 3.78. The second-order valence-electron chi connectivity index (χ2n) is 6.65. The number of carbonyl (C=O) groups excluding carboxylic acids is 3. The highest BCUT2D eigenvalue weighted by Crippen LogP contribution is 2.11. The molecule has 0 aliphatic rings. The van der Waals surface area contributed by atoms with Crippen LogP contribution in [0.5, 0.6) is 0 Å². The van der Waals surface area contributed by atoms with E-state index in [0.717, 1.165) is 0 Å². The van der Waals surface area contributed by atoms with Crippen molar-refractivity contribution < 1.29 is 19.5 Å². The second-order valence-corrected chi connectivity index (χ2v) is 6.65. The van der Waals surface area contributed by atoms with E-state index in [1.54, 1.807) is 24.3 Å². The molecule has 144 valence electrons. The molecule has 1 rings (SSSR count). The van der Waals surface area contributed by atoms with Crippen molar-refractivity contribution in [2.45, 2.75) is 51.8 Å². The molecule has 0 saturated heterocycles. The maximum absolute atomic E-state index is 12.5. The lowest BCUT2D eigenvalue weighted by molar-refractivity contribution is -0.128. The number of carbonyl (C=O) groups is 3. The van der Waals surface area contributed by atoms with E-state index in [0.29, 0.717) is 17.7 Å². The van der Waals surface area contributed by atoms with Crippen LogP contribution in [0.3, 0.4) is 0 Å². The van der Waals surface area contributed by atoms with Gasteiger partial charge in [0.1, 0.15) is 6.04 Å². The minimum atomic E-state index is -0.925. The van der Waals surface area contributed by atoms with Gasteiger partial charge >= 0.3 is 0 Å². The van der Waals surface area contributed by atoms with E-state index in [2.05, 4.69) is 10.6 Å². The first-order valence-corrected chi connectivity index (χ1v) is 8.57. The van der Waals surface area contributed by atoms with Gasteiger partial charge < -0.3 is 27.2 Å². The van der Waals surface area contributed by atoms with Gasteiger partial charge in [0.15, 0.2) is 0 Å². The van der Waals surface area contributed by atoms with Crippen LogP contribution in [0.2, 0.25) is 0 Å². The lowest BCUT2D eigenvalue weighted by Gasteiger charge is -2.21. The van der Waals surface area contributed by atoms with Gasteiger partial charge in [0.05, 0.1) is 12.6 Å². The first kappa shape index (κ1) is 21.6. The number of anilines is 1. The van der Waals surface area contributed by atoms with E-state index >= 15 is 0 Å². The Kier molecular flexibility index (Phi) is 8.74. The van der Waals surface area contributed by atoms with Gasteiger partial charge in [0.2, 0.25) is 17.7 Å². The van der Waals surface area contributed by atoms with E-state index in [4.69, 9.17) is 16.6 Å². The third kappa shape index (κ3) is 7.62. The van der Waals surface area contributed by atoms with Crippen molar-refractivity contribution in [3.05, 3.63) is 29.8 Å². The molecular weight excluding hydrogens is 336 g/mol. The zero-order valence-corrected chi connectivity index (χ0v) is 15.2. The standard InChI is InChI=1S/C18H28N4O4/c1-11(2)9-14(19)17(25)22-15(7-8-16(20)24)18(26)21-13-5-3-12(10-23)4-6-13/h3-6,11,14-15,23H,7-10,19H2,1-2H3,(H2,20,24)(H,21,26)(H,22,25)/t14-,15-/m0/s1. The molecule has 2 atom stereocenters. The van der Waals surface area contributed by atoms with Crippen LogP contribution in [-0.2, 0) is 21.0 Å². The van der Waals surface area contributed by atoms with Gasteiger partial charge in [0.25, 0.3) is 0 Å². The summed E-state index contributed by atoms with van der Waals surface area (Å²) in [6, 6.07) is 4.96. The number of hydrogen-bond acceptors (Lipinski definition) is 5. The number of nitrogens with one attached hydrogen (secondary N) is 2. The summed E-state index contributed by atoms with van der Waals surface area (Å²) in [5, 5.41) is 14.3. The molecule has 0 unspecified atom stereocenters. The topological polar surface area (TPSA) is 148 Å². The Labute approximate surface area is 153 Å². The van der Waals surface area contributed by atoms with E-state index in [1.165, 1.54) is 0 Å². The Hall–Kier alpha value is -2.45. The average Bonchev–Trinajstić information content (AvgIpc) is 2.58. The molecule has 0 aromatic heterocycles. The second kappa shape index (κ2) is 10.5. The van der Waals surface area contributed by atoms with Crippen LogP contribution in [0.1, 0.15) is 38.7 Å². The van der Waals surface area contributed by atoms with Gasteiger partial charge in [-0.15, -0.1) is 0 Å². The summed E-state index contributed by atoms with van der Waals surface area (Å²) in [7, 11) is 0. The summed E-state index contributed by atoms with van der Waals surface area (Å²) in [4.78, 5) is 35.8. The van der Waals surface area contributed by atoms with Gasteiger partial charge in [-0.3, -0.25) is 14.4 Å². The number of nitrogens with two attached hydrogens (primary N) is 2. The number of primary amides is 1. The molecule has 8 nitrogen and oxygen atoms in total. The zero-order valence-electron chi connectivity index (χ0n) is 15.2. The van der Waals surface area contributed by atoms with Gasteiger partial charge in [-0.05, 0) is 36.5 Å². The molecule has 0 radical (unpaired) electrons. The van der Waals surface area contributed by atoms with Crippen LogP contribution in [0, 0.1) is 5.92 Å². The summed E-state index contributed by atoms with van der Waals surface area (Å²) in [5.74, 6) is -1.23. The Morgan fingerprint density at radius 1 is 1.12 bits per heavy atom. The monoisotopic (exact) mass is 364 g/mol. The molecule has 0 aliphatic heterocycles. The van der Waals surface area contributed by atoms with Crippen molar-refractivity contribution in [2.75, 3.05) is 5.32 Å². The van der Waals surface area contributed by atoms with E-state index in [1.807, 2.05) is 13.8 Å². The van der Waals surface area contributed by atoms with Crippen LogP contribution in [0.15, 0.2) is 24.3 Å². The molecule has 0 spiro atoms. The van der Waals surface area contributed by atoms with Gasteiger partial charge in [-0.2, -0.15) is 0 Å². The number of aliphatic hydroxyl groups excluding tert-OH is 1. The quantitative estimate of drug-likeness (QED) is 0.403. The maximum Gasteiger partial charge on any atom is 0.246 e. The molecule has 3 amide bonds. The van der Waals surface area contributed by atoms with Crippen LogP contribution in [-0.4, -0.2) is 34.9 Å². The molecule has 0 saturated carbocycles. The van der Waals surface area contributed by atoms with Gasteiger partial charge in [0, 0.05) is 12.1 Å². The third-order valence-corrected chi connectivity index (χ3v) is 3.78. The van der Waals surface area contributed by atoms with Crippen LogP contribution in [0.4, 0.5) is 5.69 Å². The van der Waals surface area contributed by atoms with Gasteiger partial charge in [-0.25, -0.2) is 0 Å². The predicted octanol–water partition coefficient (Wildman–Crippen LogP) is 0.241. The number of aliphatic hydroxyl groups is 1. The highest BCUT2D eigenvalue weighted by atomic mass is 16.3. The van der Waals surface area contributed by atoms with Crippen LogP contribution >= 0.6 is 0 Å². The fourth-order valence-electron chi connectivity index (χ4n) is 2.37. The summed E-state index contributed by atoms with van der Waals surface area (Å²) < 4.78 is 0. The van der Waals surface area contributed by atoms with Crippen molar-refractivity contribution in [3.63, 3.8) is 0 Å². The molecule has 8 heteroatoms. The summed E-state index contributed by atoms with van der Waals surface area (Å²) in [5.41, 5.74) is 12.2. The number of rotatable bonds is 10. The first-order valence-electron chi connectivity index (χ1n) is 8.57. The van der Waals surface area contributed by atoms with E-state index < -0.39 is 29.8 Å². The SMILES string of the molecule is CC(C)C[C@H](N)C(=O)N[C@@H](CCC(N)=O)C(=O)Nc1ccc(CO)cc1. The zero-order chi connectivity index (χ0) is 19.7. The molecule has 26 heavy (non-hydrogen) atoms. The lowest BCUT2D eigenvalue weighted by Crippen LogP contribution is -2.50. The summed E-state index contributed by atoms with van der Waals surface area (Å²) in [6.45, 7) is 3.79. The largest absolute Gasteiger partial charge is 0.392 e. The van der Waals surface area contributed by atoms with E-state index in [9.17, 15) is 14.4 Å². The van der Waals surface area contributed by atoms with Crippen molar-refractivity contribution >= 4 is 23.4 Å². The van der Waals surface area contributed by atoms with E-state index in [-0.39, 0.29) is 25.4 Å². The number of amides is 3. The Morgan fingerprint density at radius 2 is 1.73 bits per heavy atom. The lowest BCUT2D eigenvalue weighted by atomic mass is 10.0. The molecule has 0 bridgehead atoms. The normalized spacial score (nSPS) is 13.1. The van der Waals surface area contributed by atoms with Crippen molar-refractivity contribution in [3.8, 4) is 0 Å². The minimum Gasteiger partial charge on any atom is -0.392 e. The smallest absolute Gasteiger partial charge is 0.246 e. The Balaban J connectivity index is 2.77. The molecule has 1 aromatic carbocycles. The average molecular weight is 364 g/mol. The fourth-order valence-corrected chi connectivity index (χ4v) is 2.37. The molecule has 1 aromatic rings. The summed E-state index contributed by atoms with van der Waals surface area (Å²) >= 11 is 0. The first-order chi connectivity index (χ1) is 12.2. The van der Waals surface area contributed by atoms with Crippen LogP contribution in [0.25, 0.3) is 0 Å².